The van der Waals surface area contributed by atoms with E-state index in [4.69, 9.17) is 0 Å². The van der Waals surface area contributed by atoms with Crippen LogP contribution in [-0.2, 0) is 14.6 Å². The number of nitrogens with one attached hydrogen (secondary N) is 1. The molecule has 0 spiro atoms. The lowest BCUT2D eigenvalue weighted by Crippen LogP contribution is -2.59. The van der Waals surface area contributed by atoms with Gasteiger partial charge in [-0.1, -0.05) is 12.2 Å². The van der Waals surface area contributed by atoms with Gasteiger partial charge in [-0.3, -0.25) is 9.69 Å². The van der Waals surface area contributed by atoms with Crippen LogP contribution >= 0.6 is 0 Å². The van der Waals surface area contributed by atoms with Crippen molar-refractivity contribution in [3.63, 3.8) is 0 Å². The Kier molecular flexibility index (Phi) is 5.18. The standard InChI is InChI=1S/C14H23N3O3S/c1-3-6-16(7-4-2)14(18)9-17-8-5-15-12-10-21(19,20)11-13(12)17/h3-4,12-13,15H,1-2,5-11H2/t12-,13+/m0/s1. The van der Waals surface area contributed by atoms with Crippen molar-refractivity contribution in [2.45, 2.75) is 12.1 Å². The predicted octanol–water partition coefficient (Wildman–Crippen LogP) is -0.742. The van der Waals surface area contributed by atoms with Crippen molar-refractivity contribution in [2.75, 3.05) is 44.2 Å². The van der Waals surface area contributed by atoms with E-state index in [1.54, 1.807) is 17.1 Å². The summed E-state index contributed by atoms with van der Waals surface area (Å²) in [6.07, 6.45) is 3.37. The molecule has 2 aliphatic heterocycles. The molecule has 0 aromatic carbocycles. The van der Waals surface area contributed by atoms with E-state index in [-0.39, 0.29) is 36.0 Å². The van der Waals surface area contributed by atoms with Crippen LogP contribution in [0.1, 0.15) is 0 Å². The number of nitrogens with zero attached hydrogens (tertiary/aromatic N) is 2. The fourth-order valence-electron chi connectivity index (χ4n) is 3.00. The molecule has 2 heterocycles. The van der Waals surface area contributed by atoms with E-state index in [0.29, 0.717) is 26.2 Å². The molecule has 6 nitrogen and oxygen atoms in total. The van der Waals surface area contributed by atoms with Crippen LogP contribution in [-0.4, -0.2) is 80.4 Å². The van der Waals surface area contributed by atoms with E-state index in [9.17, 15) is 13.2 Å². The number of amides is 1. The summed E-state index contributed by atoms with van der Waals surface area (Å²) in [6.45, 7) is 9.92. The fraction of sp³-hybridized carbons (Fsp3) is 0.643. The number of hydrogen-bond acceptors (Lipinski definition) is 5. The molecule has 0 aliphatic carbocycles. The zero-order valence-corrected chi connectivity index (χ0v) is 13.0. The van der Waals surface area contributed by atoms with Gasteiger partial charge in [-0.05, 0) is 0 Å². The van der Waals surface area contributed by atoms with Crippen LogP contribution in [0.5, 0.6) is 0 Å². The van der Waals surface area contributed by atoms with Crippen molar-refractivity contribution in [2.24, 2.45) is 0 Å². The van der Waals surface area contributed by atoms with Gasteiger partial charge in [-0.15, -0.1) is 13.2 Å². The Balaban J connectivity index is 2.02. The monoisotopic (exact) mass is 313 g/mol. The highest BCUT2D eigenvalue weighted by molar-refractivity contribution is 7.91. The molecule has 2 saturated heterocycles. The average molecular weight is 313 g/mol. The lowest BCUT2D eigenvalue weighted by Gasteiger charge is -2.37. The number of carbonyl (C=O) groups excluding carboxylic acids is 1. The first-order chi connectivity index (χ1) is 9.96. The first kappa shape index (κ1) is 16.2. The molecule has 2 atom stereocenters. The van der Waals surface area contributed by atoms with Crippen LogP contribution < -0.4 is 5.32 Å². The Morgan fingerprint density at radius 1 is 1.29 bits per heavy atom. The summed E-state index contributed by atoms with van der Waals surface area (Å²) in [5.41, 5.74) is 0. The molecule has 1 N–H and O–H groups in total. The lowest BCUT2D eigenvalue weighted by atomic mass is 10.1. The second kappa shape index (κ2) is 6.72. The Morgan fingerprint density at radius 2 is 1.95 bits per heavy atom. The van der Waals surface area contributed by atoms with E-state index in [1.807, 2.05) is 4.90 Å². The van der Waals surface area contributed by atoms with Gasteiger partial charge in [0.05, 0.1) is 18.1 Å². The summed E-state index contributed by atoms with van der Waals surface area (Å²) in [6, 6.07) is -0.147. The van der Waals surface area contributed by atoms with Crippen molar-refractivity contribution >= 4 is 15.7 Å². The van der Waals surface area contributed by atoms with E-state index in [1.165, 1.54) is 0 Å². The molecule has 0 saturated carbocycles. The molecular weight excluding hydrogens is 290 g/mol. The number of rotatable bonds is 6. The zero-order chi connectivity index (χ0) is 15.5. The van der Waals surface area contributed by atoms with Crippen LogP contribution in [0, 0.1) is 0 Å². The third kappa shape index (κ3) is 3.93. The molecular formula is C14H23N3O3S. The summed E-state index contributed by atoms with van der Waals surface area (Å²) < 4.78 is 23.6. The van der Waals surface area contributed by atoms with E-state index < -0.39 is 9.84 Å². The molecule has 7 heteroatoms. The maximum atomic E-state index is 12.4. The smallest absolute Gasteiger partial charge is 0.237 e. The van der Waals surface area contributed by atoms with Crippen LogP contribution in [0.2, 0.25) is 0 Å². The molecule has 2 rings (SSSR count). The van der Waals surface area contributed by atoms with E-state index in [0.717, 1.165) is 0 Å². The van der Waals surface area contributed by atoms with Gasteiger partial charge in [0.15, 0.2) is 9.84 Å². The topological polar surface area (TPSA) is 69.7 Å². The van der Waals surface area contributed by atoms with Gasteiger partial charge in [-0.25, -0.2) is 8.42 Å². The Labute approximate surface area is 126 Å². The number of piperazine rings is 1. The average Bonchev–Trinajstić information content (AvgIpc) is 2.73. The van der Waals surface area contributed by atoms with Crippen LogP contribution in [0.3, 0.4) is 0 Å². The van der Waals surface area contributed by atoms with Crippen LogP contribution in [0.4, 0.5) is 0 Å². The highest BCUT2D eigenvalue weighted by Crippen LogP contribution is 2.21. The quantitative estimate of drug-likeness (QED) is 0.654. The minimum absolute atomic E-state index is 0.0141. The van der Waals surface area contributed by atoms with Gasteiger partial charge in [0, 0.05) is 38.3 Å². The van der Waals surface area contributed by atoms with E-state index >= 15 is 0 Å². The molecule has 118 valence electrons. The SMILES string of the molecule is C=CCN(CC=C)C(=O)CN1CCN[C@H]2CS(=O)(=O)C[C@H]21. The fourth-order valence-corrected chi connectivity index (χ4v) is 4.99. The van der Waals surface area contributed by atoms with Crippen molar-refractivity contribution in [1.82, 2.24) is 15.1 Å². The third-order valence-electron chi connectivity index (χ3n) is 3.99. The molecule has 0 unspecified atom stereocenters. The first-order valence-corrected chi connectivity index (χ1v) is 8.96. The second-order valence-electron chi connectivity index (χ2n) is 5.55. The van der Waals surface area contributed by atoms with Gasteiger partial charge in [-0.2, -0.15) is 0 Å². The summed E-state index contributed by atoms with van der Waals surface area (Å²) in [4.78, 5) is 16.0. The molecule has 1 amide bonds. The van der Waals surface area contributed by atoms with E-state index in [2.05, 4.69) is 18.5 Å². The Hall–Kier alpha value is -1.18. The molecule has 0 aromatic heterocycles. The van der Waals surface area contributed by atoms with Crippen molar-refractivity contribution in [1.29, 1.82) is 0 Å². The molecule has 0 radical (unpaired) electrons. The summed E-state index contributed by atoms with van der Waals surface area (Å²) in [5, 5.41) is 3.24. The largest absolute Gasteiger partial charge is 0.334 e. The number of fused-ring (bicyclic) bond motifs is 1. The minimum Gasteiger partial charge on any atom is -0.334 e. The van der Waals surface area contributed by atoms with Gasteiger partial charge in [0.1, 0.15) is 0 Å². The molecule has 0 bridgehead atoms. The van der Waals surface area contributed by atoms with Crippen molar-refractivity contribution in [3.8, 4) is 0 Å². The Bertz CT molecular complexity index is 508. The highest BCUT2D eigenvalue weighted by Gasteiger charge is 2.43. The van der Waals surface area contributed by atoms with Gasteiger partial charge >= 0.3 is 0 Å². The third-order valence-corrected chi connectivity index (χ3v) is 5.70. The first-order valence-electron chi connectivity index (χ1n) is 7.14. The van der Waals surface area contributed by atoms with Crippen LogP contribution in [0.15, 0.2) is 25.3 Å². The maximum Gasteiger partial charge on any atom is 0.237 e. The lowest BCUT2D eigenvalue weighted by molar-refractivity contribution is -0.132. The molecule has 0 aromatic rings. The Morgan fingerprint density at radius 3 is 2.57 bits per heavy atom. The van der Waals surface area contributed by atoms with Gasteiger partial charge in [0.25, 0.3) is 0 Å². The van der Waals surface area contributed by atoms with Gasteiger partial charge in [0.2, 0.25) is 5.91 Å². The van der Waals surface area contributed by atoms with Gasteiger partial charge < -0.3 is 10.2 Å². The highest BCUT2D eigenvalue weighted by atomic mass is 32.2. The minimum atomic E-state index is -3.00. The summed E-state index contributed by atoms with van der Waals surface area (Å²) in [7, 11) is -3.00. The number of carbonyl (C=O) groups is 1. The number of sulfone groups is 1. The molecule has 2 fully saturated rings. The van der Waals surface area contributed by atoms with Crippen LogP contribution in [0.25, 0.3) is 0 Å². The van der Waals surface area contributed by atoms with Crippen molar-refractivity contribution < 1.29 is 13.2 Å². The molecule has 21 heavy (non-hydrogen) atoms. The number of hydrogen-bond donors (Lipinski definition) is 1. The maximum absolute atomic E-state index is 12.4. The summed E-state index contributed by atoms with van der Waals surface area (Å²) >= 11 is 0. The summed E-state index contributed by atoms with van der Waals surface area (Å²) in [5.74, 6) is 0.298. The van der Waals surface area contributed by atoms with Crippen molar-refractivity contribution in [3.05, 3.63) is 25.3 Å². The molecule has 2 aliphatic rings. The second-order valence-corrected chi connectivity index (χ2v) is 7.71. The predicted molar refractivity (Wildman–Crippen MR) is 82.8 cm³/mol. The normalized spacial score (nSPS) is 27.8. The zero-order valence-electron chi connectivity index (χ0n) is 12.2.